The molecule has 5 heteroatoms. The molecule has 20 heavy (non-hydrogen) atoms. The first-order chi connectivity index (χ1) is 9.72. The van der Waals surface area contributed by atoms with Crippen molar-refractivity contribution in [1.82, 2.24) is 0 Å². The number of thiophene rings is 1. The Morgan fingerprint density at radius 1 is 1.35 bits per heavy atom. The summed E-state index contributed by atoms with van der Waals surface area (Å²) in [5, 5.41) is 5.29. The fourth-order valence-electron chi connectivity index (χ4n) is 1.91. The van der Waals surface area contributed by atoms with Gasteiger partial charge in [0.05, 0.1) is 23.5 Å². The van der Waals surface area contributed by atoms with Crippen LogP contribution < -0.4 is 11.1 Å². The van der Waals surface area contributed by atoms with Gasteiger partial charge in [0.1, 0.15) is 0 Å². The van der Waals surface area contributed by atoms with E-state index in [1.165, 1.54) is 4.88 Å². The minimum atomic E-state index is -0.349. The molecular formula is C15H18N2O2S. The first-order valence-corrected chi connectivity index (χ1v) is 7.42. The van der Waals surface area contributed by atoms with Gasteiger partial charge in [-0.2, -0.15) is 0 Å². The summed E-state index contributed by atoms with van der Waals surface area (Å²) in [6, 6.07) is 9.37. The topological polar surface area (TPSA) is 64.3 Å². The average molecular weight is 290 g/mol. The van der Waals surface area contributed by atoms with Crippen LogP contribution in [0.2, 0.25) is 0 Å². The number of ether oxygens (including phenoxy) is 1. The molecule has 0 spiro atoms. The van der Waals surface area contributed by atoms with Gasteiger partial charge in [-0.1, -0.05) is 12.1 Å². The van der Waals surface area contributed by atoms with Crippen LogP contribution in [0.5, 0.6) is 0 Å². The molecule has 106 valence electrons. The predicted octanol–water partition coefficient (Wildman–Crippen LogP) is 3.16. The third-order valence-corrected chi connectivity index (χ3v) is 3.78. The summed E-state index contributed by atoms with van der Waals surface area (Å²) in [4.78, 5) is 13.2. The molecule has 0 saturated carbocycles. The van der Waals surface area contributed by atoms with Crippen LogP contribution in [0.4, 0.5) is 11.4 Å². The first kappa shape index (κ1) is 14.4. The SMILES string of the molecule is CCOC(=O)c1cccc(N)c1NCCc1cccs1. The molecule has 2 rings (SSSR count). The Morgan fingerprint density at radius 2 is 2.20 bits per heavy atom. The van der Waals surface area contributed by atoms with Crippen molar-refractivity contribution in [1.29, 1.82) is 0 Å². The van der Waals surface area contributed by atoms with Crippen molar-refractivity contribution in [2.24, 2.45) is 0 Å². The second kappa shape index (κ2) is 6.96. The Morgan fingerprint density at radius 3 is 2.90 bits per heavy atom. The zero-order chi connectivity index (χ0) is 14.4. The van der Waals surface area contributed by atoms with E-state index in [0.717, 1.165) is 13.0 Å². The van der Waals surface area contributed by atoms with Gasteiger partial charge in [0.15, 0.2) is 0 Å². The number of carbonyl (C=O) groups excluding carboxylic acids is 1. The Labute approximate surface area is 122 Å². The quantitative estimate of drug-likeness (QED) is 0.633. The van der Waals surface area contributed by atoms with Crippen LogP contribution in [-0.2, 0) is 11.2 Å². The van der Waals surface area contributed by atoms with Gasteiger partial charge >= 0.3 is 5.97 Å². The van der Waals surface area contributed by atoms with E-state index in [1.807, 2.05) is 6.07 Å². The zero-order valence-corrected chi connectivity index (χ0v) is 12.2. The van der Waals surface area contributed by atoms with Crippen LogP contribution in [0.15, 0.2) is 35.7 Å². The third-order valence-electron chi connectivity index (χ3n) is 2.85. The molecule has 4 nitrogen and oxygen atoms in total. The zero-order valence-electron chi connectivity index (χ0n) is 11.4. The van der Waals surface area contributed by atoms with E-state index in [4.69, 9.17) is 10.5 Å². The maximum atomic E-state index is 11.9. The summed E-state index contributed by atoms with van der Waals surface area (Å²) in [6.45, 7) is 2.86. The Kier molecular flexibility index (Phi) is 5.01. The van der Waals surface area contributed by atoms with Crippen molar-refractivity contribution < 1.29 is 9.53 Å². The Bertz CT molecular complexity index is 567. The second-order valence-corrected chi connectivity index (χ2v) is 5.28. The van der Waals surface area contributed by atoms with E-state index < -0.39 is 0 Å². The van der Waals surface area contributed by atoms with Crippen LogP contribution in [0.1, 0.15) is 22.2 Å². The number of hydrogen-bond acceptors (Lipinski definition) is 5. The molecule has 3 N–H and O–H groups in total. The Hall–Kier alpha value is -2.01. The number of nitrogens with one attached hydrogen (secondary N) is 1. The molecule has 1 aromatic carbocycles. The number of para-hydroxylation sites is 1. The number of nitrogens with two attached hydrogens (primary N) is 1. The number of rotatable bonds is 6. The minimum Gasteiger partial charge on any atom is -0.462 e. The highest BCUT2D eigenvalue weighted by molar-refractivity contribution is 7.09. The van der Waals surface area contributed by atoms with Crippen LogP contribution in [-0.4, -0.2) is 19.1 Å². The van der Waals surface area contributed by atoms with E-state index in [9.17, 15) is 4.79 Å². The first-order valence-electron chi connectivity index (χ1n) is 6.54. The molecule has 0 bridgehead atoms. The van der Waals surface area contributed by atoms with Crippen LogP contribution in [0, 0.1) is 0 Å². The summed E-state index contributed by atoms with van der Waals surface area (Å²) in [7, 11) is 0. The van der Waals surface area contributed by atoms with Gasteiger partial charge in [-0.05, 0) is 36.9 Å². The minimum absolute atomic E-state index is 0.349. The van der Waals surface area contributed by atoms with Crippen LogP contribution in [0.25, 0.3) is 0 Å². The predicted molar refractivity (Wildman–Crippen MR) is 83.3 cm³/mol. The standard InChI is InChI=1S/C15H18N2O2S/c1-2-19-15(18)12-6-3-7-13(16)14(12)17-9-8-11-5-4-10-20-11/h3-7,10,17H,2,8-9,16H2,1H3. The monoisotopic (exact) mass is 290 g/mol. The number of hydrogen-bond donors (Lipinski definition) is 2. The summed E-state index contributed by atoms with van der Waals surface area (Å²) >= 11 is 1.72. The molecule has 0 atom stereocenters. The lowest BCUT2D eigenvalue weighted by Crippen LogP contribution is -2.13. The van der Waals surface area contributed by atoms with Crippen LogP contribution in [0.3, 0.4) is 0 Å². The molecule has 1 heterocycles. The normalized spacial score (nSPS) is 10.2. The Balaban J connectivity index is 2.07. The van der Waals surface area contributed by atoms with Crippen molar-refractivity contribution in [3.63, 3.8) is 0 Å². The van der Waals surface area contributed by atoms with Gasteiger partial charge < -0.3 is 15.8 Å². The highest BCUT2D eigenvalue weighted by atomic mass is 32.1. The van der Waals surface area contributed by atoms with E-state index in [2.05, 4.69) is 16.8 Å². The van der Waals surface area contributed by atoms with Crippen molar-refractivity contribution in [3.05, 3.63) is 46.2 Å². The summed E-state index contributed by atoms with van der Waals surface area (Å²) in [6.07, 6.45) is 0.897. The highest BCUT2D eigenvalue weighted by Gasteiger charge is 2.14. The second-order valence-electron chi connectivity index (χ2n) is 4.25. The molecule has 0 saturated heterocycles. The van der Waals surface area contributed by atoms with Crippen molar-refractivity contribution >= 4 is 28.7 Å². The molecule has 0 amide bonds. The van der Waals surface area contributed by atoms with E-state index in [-0.39, 0.29) is 5.97 Å². The lowest BCUT2D eigenvalue weighted by Gasteiger charge is -2.13. The van der Waals surface area contributed by atoms with Gasteiger partial charge in [-0.25, -0.2) is 4.79 Å². The lowest BCUT2D eigenvalue weighted by molar-refractivity contribution is 0.0527. The van der Waals surface area contributed by atoms with E-state index in [0.29, 0.717) is 23.5 Å². The number of carbonyl (C=O) groups is 1. The molecule has 2 aromatic rings. The molecule has 0 unspecified atom stereocenters. The smallest absolute Gasteiger partial charge is 0.340 e. The number of nitrogen functional groups attached to an aromatic ring is 1. The molecule has 1 aromatic heterocycles. The molecule has 0 aliphatic rings. The van der Waals surface area contributed by atoms with Crippen molar-refractivity contribution in [3.8, 4) is 0 Å². The maximum Gasteiger partial charge on any atom is 0.340 e. The average Bonchev–Trinajstić information content (AvgIpc) is 2.94. The van der Waals surface area contributed by atoms with E-state index >= 15 is 0 Å². The number of benzene rings is 1. The summed E-state index contributed by atoms with van der Waals surface area (Å²) < 4.78 is 5.04. The van der Waals surface area contributed by atoms with Gasteiger partial charge in [0.25, 0.3) is 0 Å². The van der Waals surface area contributed by atoms with Crippen LogP contribution >= 0.6 is 11.3 Å². The lowest BCUT2D eigenvalue weighted by atomic mass is 10.1. The highest BCUT2D eigenvalue weighted by Crippen LogP contribution is 2.24. The molecule has 0 aliphatic carbocycles. The molecule has 0 fully saturated rings. The van der Waals surface area contributed by atoms with Gasteiger partial charge in [-0.15, -0.1) is 11.3 Å². The summed E-state index contributed by atoms with van der Waals surface area (Å²) in [5.74, 6) is -0.349. The third kappa shape index (κ3) is 3.51. The number of anilines is 2. The maximum absolute atomic E-state index is 11.9. The van der Waals surface area contributed by atoms with Gasteiger partial charge in [0, 0.05) is 11.4 Å². The van der Waals surface area contributed by atoms with Gasteiger partial charge in [0.2, 0.25) is 0 Å². The summed E-state index contributed by atoms with van der Waals surface area (Å²) in [5.41, 5.74) is 7.64. The fourth-order valence-corrected chi connectivity index (χ4v) is 2.62. The number of esters is 1. The molecule has 0 aliphatic heterocycles. The van der Waals surface area contributed by atoms with Gasteiger partial charge in [-0.3, -0.25) is 0 Å². The van der Waals surface area contributed by atoms with Crippen molar-refractivity contribution in [2.75, 3.05) is 24.2 Å². The molecular weight excluding hydrogens is 272 g/mol. The largest absolute Gasteiger partial charge is 0.462 e. The van der Waals surface area contributed by atoms with Crippen molar-refractivity contribution in [2.45, 2.75) is 13.3 Å². The fraction of sp³-hybridized carbons (Fsp3) is 0.267. The molecule has 0 radical (unpaired) electrons. The van der Waals surface area contributed by atoms with E-state index in [1.54, 1.807) is 36.5 Å².